The number of rotatable bonds is 6. The second-order valence-corrected chi connectivity index (χ2v) is 4.28. The van der Waals surface area contributed by atoms with Crippen LogP contribution < -0.4 is 10.1 Å². The molecule has 0 spiro atoms. The topological polar surface area (TPSA) is 58.6 Å². The van der Waals surface area contributed by atoms with Gasteiger partial charge in [0.25, 0.3) is 5.91 Å². The van der Waals surface area contributed by atoms with Crippen LogP contribution in [-0.4, -0.2) is 24.7 Å². The summed E-state index contributed by atoms with van der Waals surface area (Å²) >= 11 is 0. The van der Waals surface area contributed by atoms with Crippen LogP contribution >= 0.6 is 0 Å². The number of hydrogen-bond acceptors (Lipinski definition) is 3. The van der Waals surface area contributed by atoms with Crippen LogP contribution in [0.15, 0.2) is 18.2 Å². The van der Waals surface area contributed by atoms with Crippen molar-refractivity contribution >= 4 is 5.91 Å². The van der Waals surface area contributed by atoms with Gasteiger partial charge in [-0.1, -0.05) is 26.7 Å². The second-order valence-electron chi connectivity index (χ2n) is 4.28. The highest BCUT2D eigenvalue weighted by molar-refractivity contribution is 5.96. The molecule has 0 aliphatic rings. The van der Waals surface area contributed by atoms with Gasteiger partial charge in [-0.15, -0.1) is 0 Å². The zero-order valence-electron chi connectivity index (χ0n) is 11.2. The highest BCUT2D eigenvalue weighted by Crippen LogP contribution is 2.23. The van der Waals surface area contributed by atoms with Gasteiger partial charge in [-0.25, -0.2) is 0 Å². The van der Waals surface area contributed by atoms with Gasteiger partial charge in [0.2, 0.25) is 0 Å². The number of ether oxygens (including phenoxy) is 1. The maximum atomic E-state index is 11.9. The van der Waals surface area contributed by atoms with Crippen molar-refractivity contribution < 1.29 is 14.6 Å². The Hall–Kier alpha value is -1.71. The van der Waals surface area contributed by atoms with Crippen molar-refractivity contribution in [3.8, 4) is 11.5 Å². The van der Waals surface area contributed by atoms with Gasteiger partial charge in [0.1, 0.15) is 11.5 Å². The van der Waals surface area contributed by atoms with Crippen LogP contribution in [-0.2, 0) is 0 Å². The lowest BCUT2D eigenvalue weighted by atomic mass is 10.0. The average molecular weight is 251 g/mol. The van der Waals surface area contributed by atoms with Gasteiger partial charge in [-0.05, 0) is 18.1 Å². The molecule has 2 N–H and O–H groups in total. The molecule has 1 aromatic rings. The summed E-state index contributed by atoms with van der Waals surface area (Å²) in [5, 5.41) is 12.6. The fourth-order valence-electron chi connectivity index (χ4n) is 1.74. The van der Waals surface area contributed by atoms with Gasteiger partial charge >= 0.3 is 0 Å². The molecule has 1 amide bonds. The minimum Gasteiger partial charge on any atom is -0.507 e. The largest absolute Gasteiger partial charge is 0.507 e. The Kier molecular flexibility index (Phi) is 5.49. The molecular weight excluding hydrogens is 230 g/mol. The van der Waals surface area contributed by atoms with Gasteiger partial charge in [-0.2, -0.15) is 0 Å². The predicted molar refractivity (Wildman–Crippen MR) is 71.1 cm³/mol. The average Bonchev–Trinajstić information content (AvgIpc) is 2.39. The molecule has 0 radical (unpaired) electrons. The minimum atomic E-state index is -0.248. The van der Waals surface area contributed by atoms with Crippen LogP contribution in [0.4, 0.5) is 0 Å². The molecule has 0 fully saturated rings. The van der Waals surface area contributed by atoms with Gasteiger partial charge in [0.05, 0.1) is 12.7 Å². The number of hydrogen-bond donors (Lipinski definition) is 2. The normalized spacial score (nSPS) is 10.4. The lowest BCUT2D eigenvalue weighted by Gasteiger charge is -2.14. The third kappa shape index (κ3) is 3.65. The van der Waals surface area contributed by atoms with E-state index in [2.05, 4.69) is 19.2 Å². The van der Waals surface area contributed by atoms with Gasteiger partial charge in [-0.3, -0.25) is 4.79 Å². The number of nitrogens with one attached hydrogen (secondary N) is 1. The van der Waals surface area contributed by atoms with E-state index in [0.717, 1.165) is 12.8 Å². The monoisotopic (exact) mass is 251 g/mol. The Morgan fingerprint density at radius 1 is 1.39 bits per heavy atom. The predicted octanol–water partition coefficient (Wildman–Crippen LogP) is 2.57. The molecule has 0 saturated carbocycles. The summed E-state index contributed by atoms with van der Waals surface area (Å²) in [6.07, 6.45) is 2.07. The number of phenols is 1. The van der Waals surface area contributed by atoms with Crippen LogP contribution in [0.2, 0.25) is 0 Å². The smallest absolute Gasteiger partial charge is 0.255 e. The molecule has 1 rings (SSSR count). The van der Waals surface area contributed by atoms with E-state index < -0.39 is 0 Å². The Bertz CT molecular complexity index is 400. The number of phenolic OH excluding ortho intramolecular Hbond substituents is 1. The number of amides is 1. The van der Waals surface area contributed by atoms with Crippen LogP contribution in [0.25, 0.3) is 0 Å². The summed E-state index contributed by atoms with van der Waals surface area (Å²) in [5.41, 5.74) is 0.279. The number of carbonyl (C=O) groups is 1. The van der Waals surface area contributed by atoms with E-state index in [1.54, 1.807) is 12.1 Å². The first-order valence-corrected chi connectivity index (χ1v) is 6.27. The molecular formula is C14H21NO3. The summed E-state index contributed by atoms with van der Waals surface area (Å²) in [7, 11) is 1.52. The van der Waals surface area contributed by atoms with Gasteiger partial charge < -0.3 is 15.2 Å². The Balaban J connectivity index is 2.67. The zero-order valence-corrected chi connectivity index (χ0v) is 11.2. The Labute approximate surface area is 108 Å². The molecule has 0 atom stereocenters. The fraction of sp³-hybridized carbons (Fsp3) is 0.500. The number of aromatic hydroxyl groups is 1. The van der Waals surface area contributed by atoms with Crippen LogP contribution in [0.3, 0.4) is 0 Å². The molecule has 0 aliphatic heterocycles. The first kappa shape index (κ1) is 14.4. The van der Waals surface area contributed by atoms with Gasteiger partial charge in [0.15, 0.2) is 0 Å². The fourth-order valence-corrected chi connectivity index (χ4v) is 1.74. The summed E-state index contributed by atoms with van der Waals surface area (Å²) in [4.78, 5) is 11.9. The summed E-state index contributed by atoms with van der Waals surface area (Å²) in [5.74, 6) is 0.705. The Morgan fingerprint density at radius 2 is 2.06 bits per heavy atom. The third-order valence-corrected chi connectivity index (χ3v) is 3.16. The maximum Gasteiger partial charge on any atom is 0.255 e. The Morgan fingerprint density at radius 3 is 2.56 bits per heavy atom. The van der Waals surface area contributed by atoms with Crippen molar-refractivity contribution in [1.82, 2.24) is 5.32 Å². The van der Waals surface area contributed by atoms with E-state index in [1.807, 2.05) is 0 Å². The molecule has 4 nitrogen and oxygen atoms in total. The van der Waals surface area contributed by atoms with E-state index >= 15 is 0 Å². The highest BCUT2D eigenvalue weighted by atomic mass is 16.5. The molecule has 0 unspecified atom stereocenters. The van der Waals surface area contributed by atoms with Crippen LogP contribution in [0.5, 0.6) is 11.5 Å². The molecule has 0 aromatic heterocycles. The van der Waals surface area contributed by atoms with Crippen LogP contribution in [0, 0.1) is 5.92 Å². The molecule has 100 valence electrons. The first-order valence-electron chi connectivity index (χ1n) is 6.27. The second kappa shape index (κ2) is 6.89. The standard InChI is InChI=1S/C14H21NO3/c1-4-10(5-2)9-15-14(17)12-7-6-11(18-3)8-13(12)16/h6-8,10,16H,4-5,9H2,1-3H3,(H,15,17). The van der Waals surface area contributed by atoms with Crippen molar-refractivity contribution in [2.75, 3.05) is 13.7 Å². The lowest BCUT2D eigenvalue weighted by molar-refractivity contribution is 0.0943. The van der Waals surface area contributed by atoms with E-state index in [0.29, 0.717) is 18.2 Å². The van der Waals surface area contributed by atoms with E-state index in [4.69, 9.17) is 4.74 Å². The number of carbonyl (C=O) groups excluding carboxylic acids is 1. The number of benzene rings is 1. The van der Waals surface area contributed by atoms with Crippen LogP contribution in [0.1, 0.15) is 37.0 Å². The maximum absolute atomic E-state index is 11.9. The van der Waals surface area contributed by atoms with Crippen molar-refractivity contribution in [3.05, 3.63) is 23.8 Å². The zero-order chi connectivity index (χ0) is 13.5. The molecule has 18 heavy (non-hydrogen) atoms. The van der Waals surface area contributed by atoms with Crippen molar-refractivity contribution in [2.45, 2.75) is 26.7 Å². The SMILES string of the molecule is CCC(CC)CNC(=O)c1ccc(OC)cc1O. The van der Waals surface area contributed by atoms with E-state index in [1.165, 1.54) is 13.2 Å². The molecule has 4 heteroatoms. The van der Waals surface area contributed by atoms with Gasteiger partial charge in [0, 0.05) is 12.6 Å². The minimum absolute atomic E-state index is 0.0589. The molecule has 0 bridgehead atoms. The first-order chi connectivity index (χ1) is 8.62. The van der Waals surface area contributed by atoms with Crippen molar-refractivity contribution in [2.24, 2.45) is 5.92 Å². The third-order valence-electron chi connectivity index (χ3n) is 3.16. The van der Waals surface area contributed by atoms with Crippen molar-refractivity contribution in [3.63, 3.8) is 0 Å². The molecule has 0 aliphatic carbocycles. The van der Waals surface area contributed by atoms with Crippen molar-refractivity contribution in [1.29, 1.82) is 0 Å². The van der Waals surface area contributed by atoms with E-state index in [-0.39, 0.29) is 17.2 Å². The summed E-state index contributed by atoms with van der Waals surface area (Å²) < 4.78 is 4.97. The highest BCUT2D eigenvalue weighted by Gasteiger charge is 2.13. The molecule has 0 heterocycles. The summed E-state index contributed by atoms with van der Waals surface area (Å²) in [6.45, 7) is 4.84. The quantitative estimate of drug-likeness (QED) is 0.817. The van der Waals surface area contributed by atoms with E-state index in [9.17, 15) is 9.90 Å². The molecule has 0 saturated heterocycles. The summed E-state index contributed by atoms with van der Waals surface area (Å²) in [6, 6.07) is 4.66. The lowest BCUT2D eigenvalue weighted by Crippen LogP contribution is -2.28. The molecule has 1 aromatic carbocycles. The number of methoxy groups -OCH3 is 1.